The van der Waals surface area contributed by atoms with E-state index in [1.165, 1.54) is 0 Å². The van der Waals surface area contributed by atoms with Crippen LogP contribution in [0.25, 0.3) is 5.57 Å². The molecule has 4 rings (SSSR count). The van der Waals surface area contributed by atoms with Gasteiger partial charge >= 0.3 is 0 Å². The number of benzene rings is 3. The maximum absolute atomic E-state index is 13.8. The Bertz CT molecular complexity index is 1300. The molecule has 0 saturated carbocycles. The van der Waals surface area contributed by atoms with Crippen molar-refractivity contribution in [2.45, 2.75) is 25.8 Å². The minimum Gasteiger partial charge on any atom is -0.333 e. The Kier molecular flexibility index (Phi) is 6.10. The molecule has 1 aliphatic rings. The number of rotatable bonds is 4. The molecule has 5 heteroatoms. The maximum Gasteiger partial charge on any atom is 0.254 e. The largest absolute Gasteiger partial charge is 0.333 e. The summed E-state index contributed by atoms with van der Waals surface area (Å²) in [6, 6.07) is 23.7. The number of fused-ring (bicyclic) bond motifs is 1. The number of carbonyl (C=O) groups is 2. The van der Waals surface area contributed by atoms with E-state index in [0.717, 1.165) is 16.7 Å². The molecule has 0 bridgehead atoms. The van der Waals surface area contributed by atoms with Gasteiger partial charge in [-0.3, -0.25) is 9.59 Å². The lowest BCUT2D eigenvalue weighted by Crippen LogP contribution is -2.50. The van der Waals surface area contributed by atoms with Crippen LogP contribution in [0.3, 0.4) is 0 Å². The average molecular weight is 436 g/mol. The van der Waals surface area contributed by atoms with E-state index in [9.17, 15) is 14.9 Å². The molecule has 0 spiro atoms. The van der Waals surface area contributed by atoms with Crippen LogP contribution in [0.15, 0.2) is 78.9 Å². The average Bonchev–Trinajstić information content (AvgIpc) is 2.83. The third-order valence-electron chi connectivity index (χ3n) is 6.21. The number of likely N-dealkylation sites (N-methyl/N-ethyl adjacent to an activating group) is 1. The Balaban J connectivity index is 1.84. The Morgan fingerprint density at radius 1 is 1.06 bits per heavy atom. The van der Waals surface area contributed by atoms with Gasteiger partial charge in [0.15, 0.2) is 0 Å². The van der Waals surface area contributed by atoms with Crippen LogP contribution in [0.5, 0.6) is 0 Å². The molecule has 0 aliphatic carbocycles. The van der Waals surface area contributed by atoms with E-state index in [1.54, 1.807) is 42.3 Å². The summed E-state index contributed by atoms with van der Waals surface area (Å²) >= 11 is 0. The standard InChI is InChI=1S/C28H25N3O2/c1-4-21(22-13-6-5-10-18(22)2)26-25(23-14-7-8-15-24(23)28(33)31(26)3)27(32)30-20-12-9-11-19(16-20)17-29/h4-16,25-26H,1-3H3,(H,30,32)/b21-4+. The number of aryl methyl sites for hydroxylation is 1. The molecule has 3 aromatic carbocycles. The van der Waals surface area contributed by atoms with Crippen LogP contribution < -0.4 is 5.32 Å². The maximum atomic E-state index is 13.8. The van der Waals surface area contributed by atoms with Gasteiger partial charge in [-0.25, -0.2) is 0 Å². The predicted octanol–water partition coefficient (Wildman–Crippen LogP) is 5.15. The van der Waals surface area contributed by atoms with E-state index < -0.39 is 12.0 Å². The van der Waals surface area contributed by atoms with Gasteiger partial charge in [-0.2, -0.15) is 5.26 Å². The minimum atomic E-state index is -0.625. The van der Waals surface area contributed by atoms with Gasteiger partial charge in [0.2, 0.25) is 5.91 Å². The highest BCUT2D eigenvalue weighted by molar-refractivity contribution is 6.06. The Hall–Kier alpha value is -4.17. The molecule has 0 saturated heterocycles. The summed E-state index contributed by atoms with van der Waals surface area (Å²) in [5.41, 5.74) is 5.25. The third-order valence-corrected chi connectivity index (χ3v) is 6.21. The number of hydrogen-bond donors (Lipinski definition) is 1. The van der Waals surface area contributed by atoms with Crippen LogP contribution in [0, 0.1) is 18.3 Å². The molecule has 164 valence electrons. The monoisotopic (exact) mass is 435 g/mol. The molecule has 3 aromatic rings. The fourth-order valence-corrected chi connectivity index (χ4v) is 4.61. The van der Waals surface area contributed by atoms with Crippen LogP contribution in [-0.4, -0.2) is 29.8 Å². The van der Waals surface area contributed by atoms with Crippen LogP contribution in [0.4, 0.5) is 5.69 Å². The van der Waals surface area contributed by atoms with Gasteiger partial charge in [-0.05, 0) is 60.4 Å². The first-order valence-corrected chi connectivity index (χ1v) is 10.9. The van der Waals surface area contributed by atoms with E-state index in [1.807, 2.05) is 62.4 Å². The Labute approximate surface area is 194 Å². The molecule has 0 aromatic heterocycles. The van der Waals surface area contributed by atoms with Gasteiger partial charge in [0.25, 0.3) is 5.91 Å². The van der Waals surface area contributed by atoms with E-state index in [0.29, 0.717) is 22.4 Å². The van der Waals surface area contributed by atoms with Crippen molar-refractivity contribution in [1.82, 2.24) is 4.90 Å². The molecular formula is C28H25N3O2. The highest BCUT2D eigenvalue weighted by Crippen LogP contribution is 2.40. The smallest absolute Gasteiger partial charge is 0.254 e. The fourth-order valence-electron chi connectivity index (χ4n) is 4.61. The number of nitrogens with zero attached hydrogens (tertiary/aromatic N) is 2. The first-order chi connectivity index (χ1) is 16.0. The molecule has 2 atom stereocenters. The lowest BCUT2D eigenvalue weighted by molar-refractivity contribution is -0.118. The van der Waals surface area contributed by atoms with Crippen molar-refractivity contribution >= 4 is 23.1 Å². The van der Waals surface area contributed by atoms with Crippen molar-refractivity contribution in [2.24, 2.45) is 0 Å². The first-order valence-electron chi connectivity index (χ1n) is 10.9. The highest BCUT2D eigenvalue weighted by Gasteiger charge is 2.43. The number of anilines is 1. The number of nitriles is 1. The van der Waals surface area contributed by atoms with E-state index in [4.69, 9.17) is 0 Å². The Morgan fingerprint density at radius 3 is 2.52 bits per heavy atom. The summed E-state index contributed by atoms with van der Waals surface area (Å²) in [6.45, 7) is 3.96. The van der Waals surface area contributed by atoms with Gasteiger partial charge in [0.1, 0.15) is 0 Å². The summed E-state index contributed by atoms with van der Waals surface area (Å²) in [5.74, 6) is -0.964. The van der Waals surface area contributed by atoms with Crippen molar-refractivity contribution in [1.29, 1.82) is 5.26 Å². The molecule has 2 unspecified atom stereocenters. The molecule has 1 N–H and O–H groups in total. The zero-order valence-electron chi connectivity index (χ0n) is 18.9. The molecular weight excluding hydrogens is 410 g/mol. The van der Waals surface area contributed by atoms with E-state index in [2.05, 4.69) is 11.4 Å². The van der Waals surface area contributed by atoms with Crippen LogP contribution in [0.2, 0.25) is 0 Å². The quantitative estimate of drug-likeness (QED) is 0.616. The zero-order chi connectivity index (χ0) is 23.5. The van der Waals surface area contributed by atoms with Crippen LogP contribution >= 0.6 is 0 Å². The van der Waals surface area contributed by atoms with Crippen molar-refractivity contribution in [3.05, 3.63) is 107 Å². The summed E-state index contributed by atoms with van der Waals surface area (Å²) in [5, 5.41) is 12.2. The molecule has 5 nitrogen and oxygen atoms in total. The van der Waals surface area contributed by atoms with Crippen molar-refractivity contribution in [3.8, 4) is 6.07 Å². The van der Waals surface area contributed by atoms with Crippen molar-refractivity contribution < 1.29 is 9.59 Å². The number of nitrogens with one attached hydrogen (secondary N) is 1. The molecule has 0 radical (unpaired) electrons. The topological polar surface area (TPSA) is 73.2 Å². The summed E-state index contributed by atoms with van der Waals surface area (Å²) in [4.78, 5) is 28.7. The second-order valence-corrected chi connectivity index (χ2v) is 8.17. The number of allylic oxidation sites excluding steroid dienone is 1. The normalized spacial score (nSPS) is 17.8. The van der Waals surface area contributed by atoms with Gasteiger partial charge < -0.3 is 10.2 Å². The van der Waals surface area contributed by atoms with Crippen LogP contribution in [-0.2, 0) is 4.79 Å². The van der Waals surface area contributed by atoms with Gasteiger partial charge in [0, 0.05) is 18.3 Å². The van der Waals surface area contributed by atoms with Gasteiger partial charge in [-0.1, -0.05) is 54.6 Å². The number of hydrogen-bond acceptors (Lipinski definition) is 3. The lowest BCUT2D eigenvalue weighted by Gasteiger charge is -2.41. The lowest BCUT2D eigenvalue weighted by atomic mass is 9.77. The van der Waals surface area contributed by atoms with Crippen molar-refractivity contribution in [3.63, 3.8) is 0 Å². The SMILES string of the molecule is C/C=C(\c1ccccc1C)C1C(C(=O)Nc2cccc(C#N)c2)c2ccccc2C(=O)N1C. The Morgan fingerprint density at radius 2 is 1.79 bits per heavy atom. The molecule has 1 aliphatic heterocycles. The van der Waals surface area contributed by atoms with E-state index >= 15 is 0 Å². The molecule has 33 heavy (non-hydrogen) atoms. The first kappa shape index (κ1) is 22.0. The molecule has 1 heterocycles. The van der Waals surface area contributed by atoms with E-state index in [-0.39, 0.29) is 11.8 Å². The predicted molar refractivity (Wildman–Crippen MR) is 130 cm³/mol. The highest BCUT2D eigenvalue weighted by atomic mass is 16.2. The second-order valence-electron chi connectivity index (χ2n) is 8.17. The zero-order valence-corrected chi connectivity index (χ0v) is 18.9. The molecule has 0 fully saturated rings. The van der Waals surface area contributed by atoms with Gasteiger partial charge in [0.05, 0.1) is 23.6 Å². The minimum absolute atomic E-state index is 0.112. The summed E-state index contributed by atoms with van der Waals surface area (Å²) < 4.78 is 0. The van der Waals surface area contributed by atoms with Crippen molar-refractivity contribution in [2.75, 3.05) is 12.4 Å². The summed E-state index contributed by atoms with van der Waals surface area (Å²) in [6.07, 6.45) is 1.99. The van der Waals surface area contributed by atoms with Gasteiger partial charge in [-0.15, -0.1) is 0 Å². The molecule has 2 amide bonds. The fraction of sp³-hybridized carbons (Fsp3) is 0.179. The third kappa shape index (κ3) is 4.04. The second kappa shape index (κ2) is 9.13. The number of amides is 2. The van der Waals surface area contributed by atoms with Crippen LogP contribution in [0.1, 0.15) is 45.5 Å². The number of carbonyl (C=O) groups excluding carboxylic acids is 2. The summed E-state index contributed by atoms with van der Waals surface area (Å²) in [7, 11) is 1.75.